The van der Waals surface area contributed by atoms with Gasteiger partial charge in [-0.25, -0.2) is 23.1 Å². The van der Waals surface area contributed by atoms with E-state index in [4.69, 9.17) is 0 Å². The first-order valence-electron chi connectivity index (χ1n) is 6.72. The Hall–Kier alpha value is -2.11. The summed E-state index contributed by atoms with van der Waals surface area (Å²) in [5.41, 5.74) is 0.853. The van der Waals surface area contributed by atoms with Gasteiger partial charge in [0, 0.05) is 30.2 Å². The Bertz CT molecular complexity index is 712. The first-order valence-corrected chi connectivity index (χ1v) is 6.72. The van der Waals surface area contributed by atoms with Gasteiger partial charge in [0.05, 0.1) is 5.69 Å². The van der Waals surface area contributed by atoms with Crippen LogP contribution in [0.5, 0.6) is 0 Å². The molecule has 1 N–H and O–H groups in total. The van der Waals surface area contributed by atoms with Gasteiger partial charge >= 0.3 is 0 Å². The van der Waals surface area contributed by atoms with E-state index in [-0.39, 0.29) is 11.5 Å². The van der Waals surface area contributed by atoms with Crippen LogP contribution in [0.4, 0.5) is 19.0 Å². The van der Waals surface area contributed by atoms with Gasteiger partial charge in [0.25, 0.3) is 0 Å². The Morgan fingerprint density at radius 3 is 2.33 bits per heavy atom. The summed E-state index contributed by atoms with van der Waals surface area (Å²) in [5.74, 6) is -1.68. The third kappa shape index (κ3) is 2.46. The van der Waals surface area contributed by atoms with Gasteiger partial charge in [-0.1, -0.05) is 0 Å². The van der Waals surface area contributed by atoms with Crippen molar-refractivity contribution in [3.05, 3.63) is 41.0 Å². The molecule has 21 heavy (non-hydrogen) atoms. The van der Waals surface area contributed by atoms with Gasteiger partial charge in [-0.3, -0.25) is 0 Å². The van der Waals surface area contributed by atoms with Crippen LogP contribution in [0.3, 0.4) is 0 Å². The average Bonchev–Trinajstić information content (AvgIpc) is 3.28. The molecule has 0 atom stereocenters. The molecule has 0 aliphatic heterocycles. The van der Waals surface area contributed by atoms with Crippen molar-refractivity contribution in [3.8, 4) is 11.3 Å². The molecule has 0 unspecified atom stereocenters. The van der Waals surface area contributed by atoms with Crippen molar-refractivity contribution in [1.29, 1.82) is 0 Å². The van der Waals surface area contributed by atoms with Crippen LogP contribution in [-0.2, 0) is 0 Å². The number of aromatic nitrogens is 2. The lowest BCUT2D eigenvalue weighted by Crippen LogP contribution is -2.06. The van der Waals surface area contributed by atoms with Gasteiger partial charge < -0.3 is 5.32 Å². The van der Waals surface area contributed by atoms with E-state index in [0.29, 0.717) is 29.0 Å². The van der Waals surface area contributed by atoms with Crippen LogP contribution in [-0.4, -0.2) is 17.0 Å². The molecule has 1 aliphatic rings. The second kappa shape index (κ2) is 5.02. The molecule has 3 rings (SSSR count). The van der Waals surface area contributed by atoms with Gasteiger partial charge in [-0.2, -0.15) is 0 Å². The molecule has 0 radical (unpaired) electrons. The van der Waals surface area contributed by atoms with E-state index in [0.717, 1.165) is 18.9 Å². The molecule has 0 saturated heterocycles. The fourth-order valence-corrected chi connectivity index (χ4v) is 2.27. The summed E-state index contributed by atoms with van der Waals surface area (Å²) in [4.78, 5) is 8.76. The quantitative estimate of drug-likeness (QED) is 0.875. The third-order valence-electron chi connectivity index (χ3n) is 3.61. The number of nitrogens with one attached hydrogen (secondary N) is 1. The van der Waals surface area contributed by atoms with E-state index in [1.165, 1.54) is 0 Å². The van der Waals surface area contributed by atoms with E-state index in [9.17, 15) is 13.2 Å². The summed E-state index contributed by atoms with van der Waals surface area (Å²) in [6.07, 6.45) is 1.98. The smallest absolute Gasteiger partial charge is 0.161 e. The molecule has 1 aliphatic carbocycles. The van der Waals surface area contributed by atoms with Crippen molar-refractivity contribution in [1.82, 2.24) is 9.97 Å². The van der Waals surface area contributed by atoms with Crippen molar-refractivity contribution in [2.75, 3.05) is 12.4 Å². The zero-order valence-corrected chi connectivity index (χ0v) is 11.7. The predicted octanol–water partition coefficient (Wildman–Crippen LogP) is 3.79. The molecule has 6 heteroatoms. The predicted molar refractivity (Wildman–Crippen MR) is 73.6 cm³/mol. The van der Waals surface area contributed by atoms with E-state index < -0.39 is 17.5 Å². The summed E-state index contributed by atoms with van der Waals surface area (Å²) in [6, 6.07) is 1.39. The van der Waals surface area contributed by atoms with Gasteiger partial charge in [-0.05, 0) is 25.8 Å². The highest BCUT2D eigenvalue weighted by Crippen LogP contribution is 2.40. The van der Waals surface area contributed by atoms with Crippen LogP contribution >= 0.6 is 0 Å². The fourth-order valence-electron chi connectivity index (χ4n) is 2.27. The number of benzene rings is 1. The van der Waals surface area contributed by atoms with Crippen LogP contribution in [0.15, 0.2) is 12.1 Å². The molecule has 1 aromatic heterocycles. The second-order valence-corrected chi connectivity index (χ2v) is 5.17. The molecule has 3 nitrogen and oxygen atoms in total. The standard InChI is InChI=1S/C15H14F3N3/c1-7-13(9-5-11(17)12(18)6-10(9)16)20-15(8-3-4-8)21-14(7)19-2/h5-6,8H,3-4H2,1-2H3,(H,19,20,21). The molecule has 0 bridgehead atoms. The largest absolute Gasteiger partial charge is 0.373 e. The number of nitrogens with zero attached hydrogens (tertiary/aromatic N) is 2. The first-order chi connectivity index (χ1) is 10.0. The van der Waals surface area contributed by atoms with Crippen LogP contribution < -0.4 is 5.32 Å². The van der Waals surface area contributed by atoms with Crippen molar-refractivity contribution in [2.24, 2.45) is 0 Å². The SMILES string of the molecule is CNc1nc(C2CC2)nc(-c2cc(F)c(F)cc2F)c1C. The summed E-state index contributed by atoms with van der Waals surface area (Å²) in [6.45, 7) is 1.72. The Morgan fingerprint density at radius 1 is 1.05 bits per heavy atom. The summed E-state index contributed by atoms with van der Waals surface area (Å²) in [7, 11) is 1.71. The lowest BCUT2D eigenvalue weighted by atomic mass is 10.1. The fraction of sp³-hybridized carbons (Fsp3) is 0.333. The van der Waals surface area contributed by atoms with E-state index in [1.807, 2.05) is 0 Å². The Labute approximate surface area is 120 Å². The topological polar surface area (TPSA) is 37.8 Å². The number of anilines is 1. The second-order valence-electron chi connectivity index (χ2n) is 5.17. The highest BCUT2D eigenvalue weighted by atomic mass is 19.2. The Morgan fingerprint density at radius 2 is 1.71 bits per heavy atom. The molecule has 1 fully saturated rings. The number of hydrogen-bond acceptors (Lipinski definition) is 3. The lowest BCUT2D eigenvalue weighted by molar-refractivity contribution is 0.496. The van der Waals surface area contributed by atoms with Crippen molar-refractivity contribution < 1.29 is 13.2 Å². The minimum absolute atomic E-state index is 0.0489. The zero-order valence-electron chi connectivity index (χ0n) is 11.7. The molecular weight excluding hydrogens is 279 g/mol. The number of hydrogen-bond donors (Lipinski definition) is 1. The Kier molecular flexibility index (Phi) is 3.31. The normalized spacial score (nSPS) is 14.3. The highest BCUT2D eigenvalue weighted by Gasteiger charge is 2.29. The van der Waals surface area contributed by atoms with Crippen LogP contribution in [0.1, 0.15) is 30.1 Å². The molecule has 1 aromatic carbocycles. The van der Waals surface area contributed by atoms with E-state index in [2.05, 4.69) is 15.3 Å². The molecule has 0 amide bonds. The molecule has 0 spiro atoms. The van der Waals surface area contributed by atoms with Gasteiger partial charge in [0.15, 0.2) is 11.6 Å². The summed E-state index contributed by atoms with van der Waals surface area (Å²) >= 11 is 0. The minimum atomic E-state index is -1.21. The lowest BCUT2D eigenvalue weighted by Gasteiger charge is -2.13. The van der Waals surface area contributed by atoms with Crippen molar-refractivity contribution >= 4 is 5.82 Å². The van der Waals surface area contributed by atoms with Crippen molar-refractivity contribution in [2.45, 2.75) is 25.7 Å². The van der Waals surface area contributed by atoms with Gasteiger partial charge in [-0.15, -0.1) is 0 Å². The Balaban J connectivity index is 2.21. The third-order valence-corrected chi connectivity index (χ3v) is 3.61. The van der Waals surface area contributed by atoms with Gasteiger partial charge in [0.2, 0.25) is 0 Å². The van der Waals surface area contributed by atoms with Crippen LogP contribution in [0.25, 0.3) is 11.3 Å². The maximum Gasteiger partial charge on any atom is 0.161 e. The average molecular weight is 293 g/mol. The highest BCUT2D eigenvalue weighted by molar-refractivity contribution is 5.69. The summed E-state index contributed by atoms with van der Waals surface area (Å²) < 4.78 is 40.5. The number of rotatable bonds is 3. The zero-order chi connectivity index (χ0) is 15.1. The van der Waals surface area contributed by atoms with Crippen LogP contribution in [0, 0.1) is 24.4 Å². The molecular formula is C15H14F3N3. The molecule has 1 heterocycles. The monoisotopic (exact) mass is 293 g/mol. The molecule has 1 saturated carbocycles. The number of halogens is 3. The molecule has 110 valence electrons. The van der Waals surface area contributed by atoms with Crippen molar-refractivity contribution in [3.63, 3.8) is 0 Å². The maximum atomic E-state index is 14.0. The van der Waals surface area contributed by atoms with Gasteiger partial charge in [0.1, 0.15) is 17.5 Å². The minimum Gasteiger partial charge on any atom is -0.373 e. The van der Waals surface area contributed by atoms with E-state index in [1.54, 1.807) is 14.0 Å². The molecule has 2 aromatic rings. The van der Waals surface area contributed by atoms with E-state index >= 15 is 0 Å². The van der Waals surface area contributed by atoms with Crippen LogP contribution in [0.2, 0.25) is 0 Å². The maximum absolute atomic E-state index is 14.0. The summed E-state index contributed by atoms with van der Waals surface area (Å²) in [5, 5.41) is 2.93. The first kappa shape index (κ1) is 13.9.